The molecule has 0 bridgehead atoms. The molecule has 21 heavy (non-hydrogen) atoms. The van der Waals surface area contributed by atoms with E-state index in [0.717, 1.165) is 36.9 Å². The van der Waals surface area contributed by atoms with Crippen LogP contribution in [0.15, 0.2) is 24.3 Å². The minimum absolute atomic E-state index is 0.133. The summed E-state index contributed by atoms with van der Waals surface area (Å²) in [5.74, 6) is 0. The largest absolute Gasteiger partial charge is 0.379 e. The van der Waals surface area contributed by atoms with E-state index in [1.54, 1.807) is 0 Å². The molecule has 0 aliphatic carbocycles. The van der Waals surface area contributed by atoms with E-state index in [2.05, 4.69) is 15.5 Å². The van der Waals surface area contributed by atoms with Gasteiger partial charge in [-0.25, -0.2) is 4.79 Å². The molecular formula is C15H22ClN3O2. The first-order valence-electron chi connectivity index (χ1n) is 7.29. The molecule has 1 aliphatic rings. The topological polar surface area (TPSA) is 53.6 Å². The lowest BCUT2D eigenvalue weighted by Crippen LogP contribution is -2.45. The van der Waals surface area contributed by atoms with Gasteiger partial charge in [-0.05, 0) is 24.6 Å². The zero-order valence-corrected chi connectivity index (χ0v) is 13.0. The quantitative estimate of drug-likeness (QED) is 0.875. The second-order valence-corrected chi connectivity index (χ2v) is 5.39. The van der Waals surface area contributed by atoms with Crippen LogP contribution in [0.5, 0.6) is 0 Å². The van der Waals surface area contributed by atoms with Gasteiger partial charge in [0.1, 0.15) is 0 Å². The maximum Gasteiger partial charge on any atom is 0.314 e. The normalized spacial score (nSPS) is 17.2. The predicted molar refractivity (Wildman–Crippen MR) is 83.7 cm³/mol. The van der Waals surface area contributed by atoms with Gasteiger partial charge in [-0.2, -0.15) is 0 Å². The van der Waals surface area contributed by atoms with Gasteiger partial charge in [0.15, 0.2) is 0 Å². The van der Waals surface area contributed by atoms with Crippen LogP contribution in [0.2, 0.25) is 5.02 Å². The van der Waals surface area contributed by atoms with Gasteiger partial charge in [-0.15, -0.1) is 0 Å². The third-order valence-electron chi connectivity index (χ3n) is 3.53. The summed E-state index contributed by atoms with van der Waals surface area (Å²) in [5.41, 5.74) is 1.15. The first kappa shape index (κ1) is 16.1. The fraction of sp³-hybridized carbons (Fsp3) is 0.533. The highest BCUT2D eigenvalue weighted by molar-refractivity contribution is 6.30. The van der Waals surface area contributed by atoms with Crippen molar-refractivity contribution in [3.63, 3.8) is 0 Å². The number of rotatable bonds is 5. The predicted octanol–water partition coefficient (Wildman–Crippen LogP) is 2.03. The maximum atomic E-state index is 11.6. The zero-order chi connectivity index (χ0) is 15.1. The van der Waals surface area contributed by atoms with Crippen molar-refractivity contribution in [1.82, 2.24) is 15.5 Å². The maximum absolute atomic E-state index is 11.6. The summed E-state index contributed by atoms with van der Waals surface area (Å²) in [4.78, 5) is 14.0. The lowest BCUT2D eigenvalue weighted by Gasteiger charge is -2.35. The smallest absolute Gasteiger partial charge is 0.314 e. The van der Waals surface area contributed by atoms with Gasteiger partial charge in [-0.3, -0.25) is 4.90 Å². The Morgan fingerprint density at radius 3 is 2.57 bits per heavy atom. The number of carbonyl (C=O) groups excluding carboxylic acids is 1. The zero-order valence-electron chi connectivity index (χ0n) is 12.3. The number of hydrogen-bond acceptors (Lipinski definition) is 3. The third kappa shape index (κ3) is 4.88. The van der Waals surface area contributed by atoms with Crippen molar-refractivity contribution in [1.29, 1.82) is 0 Å². The Hall–Kier alpha value is -1.30. The molecule has 0 spiro atoms. The summed E-state index contributed by atoms with van der Waals surface area (Å²) in [5, 5.41) is 6.40. The molecule has 1 fully saturated rings. The molecule has 1 heterocycles. The Labute approximate surface area is 130 Å². The number of nitrogens with zero attached hydrogens (tertiary/aromatic N) is 1. The molecule has 1 aliphatic heterocycles. The van der Waals surface area contributed by atoms with Crippen LogP contribution in [0.25, 0.3) is 0 Å². The van der Waals surface area contributed by atoms with Crippen molar-refractivity contribution in [2.45, 2.75) is 13.0 Å². The molecular weight excluding hydrogens is 290 g/mol. The molecule has 5 nitrogen and oxygen atoms in total. The van der Waals surface area contributed by atoms with E-state index in [0.29, 0.717) is 13.1 Å². The molecule has 6 heteroatoms. The van der Waals surface area contributed by atoms with Crippen LogP contribution in [-0.4, -0.2) is 50.3 Å². The average molecular weight is 312 g/mol. The van der Waals surface area contributed by atoms with E-state index >= 15 is 0 Å². The van der Waals surface area contributed by atoms with Crippen LogP contribution < -0.4 is 10.6 Å². The number of nitrogens with one attached hydrogen (secondary N) is 2. The van der Waals surface area contributed by atoms with Crippen LogP contribution in [0, 0.1) is 0 Å². The minimum atomic E-state index is -0.135. The standard InChI is InChI=1S/C15H22ClN3O2/c1-2-17-15(20)18-11-14(19-7-9-21-10-8-19)12-3-5-13(16)6-4-12/h3-6,14H,2,7-11H2,1H3,(H2,17,18,20)/t14-/m0/s1. The molecule has 1 atom stereocenters. The number of hydrogen-bond donors (Lipinski definition) is 2. The van der Waals surface area contributed by atoms with E-state index < -0.39 is 0 Å². The number of ether oxygens (including phenoxy) is 1. The number of morpholine rings is 1. The van der Waals surface area contributed by atoms with E-state index in [-0.39, 0.29) is 12.1 Å². The van der Waals surface area contributed by atoms with Crippen molar-refractivity contribution in [2.24, 2.45) is 0 Å². The number of amides is 2. The lowest BCUT2D eigenvalue weighted by atomic mass is 10.0. The van der Waals surface area contributed by atoms with Crippen molar-refractivity contribution in [2.75, 3.05) is 39.4 Å². The second kappa shape index (κ2) is 8.22. The highest BCUT2D eigenvalue weighted by Gasteiger charge is 2.23. The summed E-state index contributed by atoms with van der Waals surface area (Å²) < 4.78 is 5.41. The summed E-state index contributed by atoms with van der Waals surface area (Å²) in [6.07, 6.45) is 0. The average Bonchev–Trinajstić information content (AvgIpc) is 2.50. The molecule has 0 radical (unpaired) electrons. The molecule has 116 valence electrons. The number of urea groups is 1. The highest BCUT2D eigenvalue weighted by atomic mass is 35.5. The third-order valence-corrected chi connectivity index (χ3v) is 3.79. The number of carbonyl (C=O) groups is 1. The van der Waals surface area contributed by atoms with Gasteiger partial charge in [0.05, 0.1) is 19.3 Å². The van der Waals surface area contributed by atoms with Crippen LogP contribution in [0.3, 0.4) is 0 Å². The Kier molecular flexibility index (Phi) is 6.29. The van der Waals surface area contributed by atoms with Crippen molar-refractivity contribution in [3.8, 4) is 0 Å². The van der Waals surface area contributed by atoms with Crippen LogP contribution in [-0.2, 0) is 4.74 Å². The molecule has 1 aromatic rings. The summed E-state index contributed by atoms with van der Waals surface area (Å²) >= 11 is 5.96. The minimum Gasteiger partial charge on any atom is -0.379 e. The summed E-state index contributed by atoms with van der Waals surface area (Å²) in [6, 6.07) is 7.80. The fourth-order valence-electron chi connectivity index (χ4n) is 2.44. The van der Waals surface area contributed by atoms with E-state index in [1.165, 1.54) is 0 Å². The SMILES string of the molecule is CCNC(=O)NC[C@@H](c1ccc(Cl)cc1)N1CCOCC1. The van der Waals surface area contributed by atoms with Crippen LogP contribution in [0.1, 0.15) is 18.5 Å². The number of halogens is 1. The molecule has 2 amide bonds. The van der Waals surface area contributed by atoms with E-state index in [4.69, 9.17) is 16.3 Å². The van der Waals surface area contributed by atoms with E-state index in [9.17, 15) is 4.79 Å². The van der Waals surface area contributed by atoms with Gasteiger partial charge in [0, 0.05) is 31.2 Å². The van der Waals surface area contributed by atoms with Crippen LogP contribution >= 0.6 is 11.6 Å². The molecule has 2 rings (SSSR count). The molecule has 0 unspecified atom stereocenters. The van der Waals surface area contributed by atoms with Crippen molar-refractivity contribution >= 4 is 17.6 Å². The van der Waals surface area contributed by atoms with E-state index in [1.807, 2.05) is 31.2 Å². The molecule has 1 aromatic carbocycles. The summed E-state index contributed by atoms with van der Waals surface area (Å²) in [6.45, 7) is 6.27. The van der Waals surface area contributed by atoms with Gasteiger partial charge < -0.3 is 15.4 Å². The van der Waals surface area contributed by atoms with Gasteiger partial charge in [0.2, 0.25) is 0 Å². The van der Waals surface area contributed by atoms with Crippen molar-refractivity contribution in [3.05, 3.63) is 34.9 Å². The van der Waals surface area contributed by atoms with Gasteiger partial charge >= 0.3 is 6.03 Å². The Morgan fingerprint density at radius 1 is 1.29 bits per heavy atom. The summed E-state index contributed by atoms with van der Waals surface area (Å²) in [7, 11) is 0. The van der Waals surface area contributed by atoms with Gasteiger partial charge in [-0.1, -0.05) is 23.7 Å². The second-order valence-electron chi connectivity index (χ2n) is 4.96. The first-order chi connectivity index (χ1) is 10.2. The van der Waals surface area contributed by atoms with Crippen molar-refractivity contribution < 1.29 is 9.53 Å². The fourth-order valence-corrected chi connectivity index (χ4v) is 2.57. The molecule has 0 saturated carbocycles. The van der Waals surface area contributed by atoms with Crippen LogP contribution in [0.4, 0.5) is 4.79 Å². The molecule has 1 saturated heterocycles. The lowest BCUT2D eigenvalue weighted by molar-refractivity contribution is 0.0167. The number of benzene rings is 1. The Balaban J connectivity index is 2.05. The monoisotopic (exact) mass is 311 g/mol. The Bertz CT molecular complexity index is 447. The first-order valence-corrected chi connectivity index (χ1v) is 7.67. The molecule has 2 N–H and O–H groups in total. The Morgan fingerprint density at radius 2 is 1.95 bits per heavy atom. The van der Waals surface area contributed by atoms with Gasteiger partial charge in [0.25, 0.3) is 0 Å². The molecule has 0 aromatic heterocycles. The highest BCUT2D eigenvalue weighted by Crippen LogP contribution is 2.22.